The van der Waals surface area contributed by atoms with Gasteiger partial charge in [-0.15, -0.1) is 0 Å². The maximum atomic E-state index is 13.5. The predicted octanol–water partition coefficient (Wildman–Crippen LogP) is 6.57. The van der Waals surface area contributed by atoms with Gasteiger partial charge in [0, 0.05) is 36.5 Å². The molecule has 1 aliphatic heterocycles. The lowest BCUT2D eigenvalue weighted by Gasteiger charge is -2.61. The van der Waals surface area contributed by atoms with Gasteiger partial charge in [-0.1, -0.05) is 31.2 Å². The molecule has 8 heteroatoms. The molecule has 8 fully saturated rings. The highest BCUT2D eigenvalue weighted by Gasteiger charge is 2.68. The number of esters is 1. The Kier molecular flexibility index (Phi) is 7.87. The summed E-state index contributed by atoms with van der Waals surface area (Å²) >= 11 is 1.43. The summed E-state index contributed by atoms with van der Waals surface area (Å²) in [4.78, 5) is 51.3. The number of thioether (sulfide) groups is 1. The number of hydrogen-bond acceptors (Lipinski definition) is 7. The minimum absolute atomic E-state index is 0.00694. The van der Waals surface area contributed by atoms with Crippen molar-refractivity contribution in [1.82, 2.24) is 5.32 Å². The Hall–Kier alpha value is -1.67. The minimum atomic E-state index is -0.359. The molecular weight excluding hydrogens is 598 g/mol. The van der Waals surface area contributed by atoms with E-state index in [2.05, 4.69) is 19.2 Å². The fourth-order valence-electron chi connectivity index (χ4n) is 13.4. The van der Waals surface area contributed by atoms with E-state index < -0.39 is 0 Å². The van der Waals surface area contributed by atoms with Gasteiger partial charge in [-0.05, 0) is 136 Å². The number of fused-ring (bicyclic) bond motifs is 6. The van der Waals surface area contributed by atoms with Gasteiger partial charge in [0.15, 0.2) is 5.78 Å². The van der Waals surface area contributed by atoms with Crippen molar-refractivity contribution in [3.8, 4) is 0 Å². The topological polar surface area (TPSA) is 98.8 Å². The average Bonchev–Trinajstić information content (AvgIpc) is 3.51. The molecule has 4 bridgehead atoms. The van der Waals surface area contributed by atoms with Crippen LogP contribution in [0.4, 0.5) is 0 Å². The second-order valence-corrected chi connectivity index (χ2v) is 18.8. The Labute approximate surface area is 278 Å². The van der Waals surface area contributed by atoms with Crippen LogP contribution >= 0.6 is 11.8 Å². The molecule has 0 aromatic heterocycles. The van der Waals surface area contributed by atoms with Crippen LogP contribution in [0.3, 0.4) is 0 Å². The summed E-state index contributed by atoms with van der Waals surface area (Å²) in [6, 6.07) is 0. The van der Waals surface area contributed by atoms with E-state index in [0.717, 1.165) is 62.7 Å². The molecule has 252 valence electrons. The molecule has 1 spiro atoms. The summed E-state index contributed by atoms with van der Waals surface area (Å²) in [5.41, 5.74) is 1.03. The van der Waals surface area contributed by atoms with Crippen molar-refractivity contribution in [3.63, 3.8) is 0 Å². The number of ketones is 1. The number of carbonyl (C=O) groups is 4. The molecule has 1 saturated heterocycles. The van der Waals surface area contributed by atoms with E-state index in [0.29, 0.717) is 50.2 Å². The molecule has 7 atom stereocenters. The smallest absolute Gasteiger partial charge is 0.306 e. The van der Waals surface area contributed by atoms with Crippen LogP contribution in [0.2, 0.25) is 0 Å². The van der Waals surface area contributed by atoms with Crippen LogP contribution in [0.1, 0.15) is 117 Å². The Morgan fingerprint density at radius 1 is 0.957 bits per heavy atom. The van der Waals surface area contributed by atoms with Crippen LogP contribution < -0.4 is 5.32 Å². The van der Waals surface area contributed by atoms with Gasteiger partial charge in [-0.2, -0.15) is 0 Å². The SMILES string of the molecule is CC12CCC(=O)C=C1C[C@@H](SC(=O)COCCNC(=O)CC13CC4CC(CC(C4)C1)C3)C1C2CCC2(C)C1CC[C@@]21CCC(=O)O1. The maximum absolute atomic E-state index is 13.5. The standard InChI is InChI=1S/C38H53NO6S/c1-35-7-3-27(40)16-26(35)17-30(34-28(35)4-8-36(2)29(34)5-9-38(36)10-6-32(42)45-38)46-33(43)22-44-12-11-39-31(41)21-37-18-23-13-24(19-37)15-25(14-23)20-37/h16,23-25,28-30,34H,3-15,17-22H2,1-2H3,(H,39,41)/t23?,24?,25?,28?,29?,30-,34?,35?,36?,37?,38-/m1/s1. The van der Waals surface area contributed by atoms with Crippen molar-refractivity contribution in [2.75, 3.05) is 19.8 Å². The Bertz CT molecular complexity index is 1310. The maximum Gasteiger partial charge on any atom is 0.306 e. The fourth-order valence-corrected chi connectivity index (χ4v) is 14.7. The van der Waals surface area contributed by atoms with Crippen molar-refractivity contribution in [3.05, 3.63) is 11.6 Å². The zero-order chi connectivity index (χ0) is 31.9. The number of rotatable bonds is 8. The molecule has 9 rings (SSSR count). The van der Waals surface area contributed by atoms with E-state index in [1.165, 1.54) is 55.9 Å². The van der Waals surface area contributed by atoms with Crippen LogP contribution in [0.5, 0.6) is 0 Å². The van der Waals surface area contributed by atoms with Gasteiger partial charge in [0.25, 0.3) is 0 Å². The van der Waals surface area contributed by atoms with E-state index in [1.807, 2.05) is 6.08 Å². The van der Waals surface area contributed by atoms with Gasteiger partial charge in [0.2, 0.25) is 11.0 Å². The van der Waals surface area contributed by atoms with Crippen LogP contribution in [0.15, 0.2) is 11.6 Å². The van der Waals surface area contributed by atoms with E-state index in [4.69, 9.17) is 9.47 Å². The fraction of sp³-hybridized carbons (Fsp3) is 0.842. The predicted molar refractivity (Wildman–Crippen MR) is 176 cm³/mol. The normalized spacial score (nSPS) is 46.8. The van der Waals surface area contributed by atoms with Gasteiger partial charge >= 0.3 is 5.97 Å². The molecule has 1 amide bonds. The summed E-state index contributed by atoms with van der Waals surface area (Å²) in [5, 5.41) is 3.20. The van der Waals surface area contributed by atoms with Crippen LogP contribution in [-0.4, -0.2) is 53.4 Å². The van der Waals surface area contributed by atoms with Crippen LogP contribution in [0, 0.1) is 51.8 Å². The van der Waals surface area contributed by atoms with Gasteiger partial charge in [-0.25, -0.2) is 0 Å². The quantitative estimate of drug-likeness (QED) is 0.234. The summed E-state index contributed by atoms with van der Waals surface area (Å²) < 4.78 is 12.0. The van der Waals surface area contributed by atoms with E-state index in [-0.39, 0.29) is 56.5 Å². The highest BCUT2D eigenvalue weighted by molar-refractivity contribution is 8.14. The third-order valence-electron chi connectivity index (χ3n) is 15.1. The van der Waals surface area contributed by atoms with E-state index >= 15 is 0 Å². The number of allylic oxidation sites excluding steroid dienone is 1. The molecule has 7 saturated carbocycles. The Morgan fingerprint density at radius 2 is 1.67 bits per heavy atom. The number of hydrogen-bond donors (Lipinski definition) is 1. The molecule has 5 unspecified atom stereocenters. The Morgan fingerprint density at radius 3 is 2.37 bits per heavy atom. The second kappa shape index (κ2) is 11.5. The lowest BCUT2D eigenvalue weighted by Crippen LogP contribution is -2.57. The average molecular weight is 652 g/mol. The van der Waals surface area contributed by atoms with Crippen molar-refractivity contribution >= 4 is 34.5 Å². The first-order chi connectivity index (χ1) is 22.0. The van der Waals surface area contributed by atoms with E-state index in [9.17, 15) is 19.2 Å². The number of nitrogens with one attached hydrogen (secondary N) is 1. The number of carbonyl (C=O) groups excluding carboxylic acids is 4. The van der Waals surface area contributed by atoms with Crippen LogP contribution in [-0.2, 0) is 28.7 Å². The van der Waals surface area contributed by atoms with Gasteiger partial charge in [0.1, 0.15) is 12.2 Å². The highest BCUT2D eigenvalue weighted by atomic mass is 32.2. The lowest BCUT2D eigenvalue weighted by atomic mass is 9.46. The largest absolute Gasteiger partial charge is 0.458 e. The molecule has 0 aromatic rings. The zero-order valence-electron chi connectivity index (χ0n) is 27.9. The molecule has 1 heterocycles. The number of ether oxygens (including phenoxy) is 2. The molecule has 8 aliphatic carbocycles. The second-order valence-electron chi connectivity index (χ2n) is 17.5. The van der Waals surface area contributed by atoms with Crippen molar-refractivity contribution < 1.29 is 28.7 Å². The van der Waals surface area contributed by atoms with Crippen molar-refractivity contribution in [2.24, 2.45) is 51.8 Å². The third-order valence-corrected chi connectivity index (χ3v) is 16.2. The zero-order valence-corrected chi connectivity index (χ0v) is 28.7. The third kappa shape index (κ3) is 5.16. The summed E-state index contributed by atoms with van der Waals surface area (Å²) in [7, 11) is 0. The molecule has 9 aliphatic rings. The van der Waals surface area contributed by atoms with Crippen molar-refractivity contribution in [1.29, 1.82) is 0 Å². The van der Waals surface area contributed by atoms with Gasteiger partial charge in [0.05, 0.1) is 6.61 Å². The van der Waals surface area contributed by atoms with Crippen molar-refractivity contribution in [2.45, 2.75) is 127 Å². The molecule has 46 heavy (non-hydrogen) atoms. The van der Waals surface area contributed by atoms with E-state index in [1.54, 1.807) is 0 Å². The molecule has 0 aromatic carbocycles. The summed E-state index contributed by atoms with van der Waals surface area (Å²) in [6.45, 7) is 5.53. The first kappa shape index (κ1) is 31.6. The van der Waals surface area contributed by atoms with Gasteiger partial charge in [-0.3, -0.25) is 19.2 Å². The molecular formula is C38H53NO6S. The minimum Gasteiger partial charge on any atom is -0.458 e. The molecule has 0 radical (unpaired) electrons. The lowest BCUT2D eigenvalue weighted by molar-refractivity contribution is -0.167. The monoisotopic (exact) mass is 651 g/mol. The molecule has 1 N–H and O–H groups in total. The summed E-state index contributed by atoms with van der Waals surface area (Å²) in [5.74, 6) is 3.96. The molecule has 7 nitrogen and oxygen atoms in total. The first-order valence-electron chi connectivity index (χ1n) is 18.5. The van der Waals surface area contributed by atoms with Crippen LogP contribution in [0.25, 0.3) is 0 Å². The first-order valence-corrected chi connectivity index (χ1v) is 19.4. The van der Waals surface area contributed by atoms with Gasteiger partial charge < -0.3 is 14.8 Å². The number of amides is 1. The highest BCUT2D eigenvalue weighted by Crippen LogP contribution is 2.71. The Balaban J connectivity index is 0.886. The summed E-state index contributed by atoms with van der Waals surface area (Å²) in [6.07, 6.45) is 18.0.